The Hall–Kier alpha value is -0.340. The zero-order chi connectivity index (χ0) is 7.45. The van der Waals surface area contributed by atoms with Gasteiger partial charge in [-0.15, -0.1) is 6.58 Å². The maximum Gasteiger partial charge on any atom is 0.0548 e. The van der Waals surface area contributed by atoms with E-state index in [1.54, 1.807) is 0 Å². The lowest BCUT2D eigenvalue weighted by Gasteiger charge is -2.21. The Labute approximate surface area is 61.5 Å². The van der Waals surface area contributed by atoms with Crippen LogP contribution in [0.4, 0.5) is 0 Å². The van der Waals surface area contributed by atoms with Crippen molar-refractivity contribution in [3.8, 4) is 0 Å². The summed E-state index contributed by atoms with van der Waals surface area (Å²) in [6.45, 7) is 5.35. The van der Waals surface area contributed by atoms with E-state index in [9.17, 15) is 0 Å². The maximum absolute atomic E-state index is 9.02. The van der Waals surface area contributed by atoms with Gasteiger partial charge in [-0.3, -0.25) is 0 Å². The fraction of sp³-hybridized carbons (Fsp3) is 0.750. The summed E-state index contributed by atoms with van der Waals surface area (Å²) in [5.74, 6) is 0. The first-order valence-corrected chi connectivity index (χ1v) is 3.62. The average molecular weight is 142 g/mol. The van der Waals surface area contributed by atoms with Crippen molar-refractivity contribution in [3.05, 3.63) is 12.7 Å². The molecule has 1 aliphatic heterocycles. The molecule has 1 atom stereocenters. The molecule has 0 bridgehead atoms. The molecule has 0 spiro atoms. The third-order valence-corrected chi connectivity index (χ3v) is 2.10. The number of ether oxygens (including phenoxy) is 1. The van der Waals surface area contributed by atoms with Crippen LogP contribution in [0, 0.1) is 5.41 Å². The molecule has 1 rings (SSSR count). The largest absolute Gasteiger partial charge is 0.396 e. The molecule has 1 fully saturated rings. The predicted octanol–water partition coefficient (Wildman–Crippen LogP) is 0.962. The molecule has 2 nitrogen and oxygen atoms in total. The number of hydrogen-bond acceptors (Lipinski definition) is 2. The molecule has 1 N–H and O–H groups in total. The highest BCUT2D eigenvalue weighted by molar-refractivity contribution is 4.88. The summed E-state index contributed by atoms with van der Waals surface area (Å²) in [5.41, 5.74) is 0.00174. The van der Waals surface area contributed by atoms with Gasteiger partial charge in [0.2, 0.25) is 0 Å². The summed E-state index contributed by atoms with van der Waals surface area (Å²) in [4.78, 5) is 0. The lowest BCUT2D eigenvalue weighted by Crippen LogP contribution is -2.24. The van der Waals surface area contributed by atoms with Gasteiger partial charge in [0.1, 0.15) is 0 Å². The Morgan fingerprint density at radius 3 is 2.90 bits per heavy atom. The van der Waals surface area contributed by atoms with Crippen LogP contribution in [0.25, 0.3) is 0 Å². The van der Waals surface area contributed by atoms with Crippen LogP contribution in [0.3, 0.4) is 0 Å². The standard InChI is InChI=1S/C8H14O2/c1-2-3-8(6-9)4-5-10-7-8/h2,9H,1,3-7H2. The second kappa shape index (κ2) is 3.17. The van der Waals surface area contributed by atoms with Gasteiger partial charge >= 0.3 is 0 Å². The highest BCUT2D eigenvalue weighted by Gasteiger charge is 2.32. The molecule has 0 aromatic carbocycles. The van der Waals surface area contributed by atoms with Crippen molar-refractivity contribution in [1.82, 2.24) is 0 Å². The number of aliphatic hydroxyl groups is 1. The first-order valence-electron chi connectivity index (χ1n) is 3.62. The summed E-state index contributed by atoms with van der Waals surface area (Å²) >= 11 is 0. The van der Waals surface area contributed by atoms with Crippen molar-refractivity contribution in [2.75, 3.05) is 19.8 Å². The first kappa shape index (κ1) is 7.76. The highest BCUT2D eigenvalue weighted by atomic mass is 16.5. The Morgan fingerprint density at radius 2 is 2.50 bits per heavy atom. The molecule has 1 unspecified atom stereocenters. The third kappa shape index (κ3) is 1.39. The van der Waals surface area contributed by atoms with Gasteiger partial charge in [-0.25, -0.2) is 0 Å². The molecule has 0 radical (unpaired) electrons. The normalized spacial score (nSPS) is 32.5. The van der Waals surface area contributed by atoms with Crippen molar-refractivity contribution in [3.63, 3.8) is 0 Å². The molecule has 10 heavy (non-hydrogen) atoms. The minimum atomic E-state index is 0.00174. The minimum absolute atomic E-state index is 0.00174. The van der Waals surface area contributed by atoms with Crippen molar-refractivity contribution in [2.45, 2.75) is 12.8 Å². The maximum atomic E-state index is 9.02. The number of hydrogen-bond donors (Lipinski definition) is 1. The predicted molar refractivity (Wildman–Crippen MR) is 39.8 cm³/mol. The van der Waals surface area contributed by atoms with Gasteiger partial charge in [0, 0.05) is 12.0 Å². The molecule has 0 aromatic heterocycles. The van der Waals surface area contributed by atoms with E-state index in [-0.39, 0.29) is 12.0 Å². The molecule has 0 saturated carbocycles. The van der Waals surface area contributed by atoms with Gasteiger partial charge in [0.25, 0.3) is 0 Å². The fourth-order valence-corrected chi connectivity index (χ4v) is 1.31. The van der Waals surface area contributed by atoms with E-state index < -0.39 is 0 Å². The summed E-state index contributed by atoms with van der Waals surface area (Å²) in [7, 11) is 0. The number of rotatable bonds is 3. The molecule has 0 aliphatic carbocycles. The van der Waals surface area contributed by atoms with Gasteiger partial charge in [-0.1, -0.05) is 6.08 Å². The van der Waals surface area contributed by atoms with Crippen LogP contribution in [0.15, 0.2) is 12.7 Å². The zero-order valence-corrected chi connectivity index (χ0v) is 6.18. The first-order chi connectivity index (χ1) is 4.83. The minimum Gasteiger partial charge on any atom is -0.396 e. The van der Waals surface area contributed by atoms with Crippen molar-refractivity contribution < 1.29 is 9.84 Å². The molecule has 58 valence electrons. The van der Waals surface area contributed by atoms with Gasteiger partial charge in [-0.05, 0) is 12.8 Å². The van der Waals surface area contributed by atoms with E-state index in [2.05, 4.69) is 6.58 Å². The van der Waals surface area contributed by atoms with E-state index >= 15 is 0 Å². The van der Waals surface area contributed by atoms with Crippen LogP contribution in [-0.4, -0.2) is 24.9 Å². The molecule has 0 aromatic rings. The topological polar surface area (TPSA) is 29.5 Å². The van der Waals surface area contributed by atoms with E-state index in [1.807, 2.05) is 6.08 Å². The summed E-state index contributed by atoms with van der Waals surface area (Å²) in [6, 6.07) is 0. The monoisotopic (exact) mass is 142 g/mol. The Balaban J connectivity index is 2.48. The smallest absolute Gasteiger partial charge is 0.0548 e. The zero-order valence-electron chi connectivity index (χ0n) is 6.18. The van der Waals surface area contributed by atoms with E-state index in [1.165, 1.54) is 0 Å². The van der Waals surface area contributed by atoms with Gasteiger partial charge in [0.05, 0.1) is 13.2 Å². The lowest BCUT2D eigenvalue weighted by molar-refractivity contribution is 0.0956. The Morgan fingerprint density at radius 1 is 1.70 bits per heavy atom. The van der Waals surface area contributed by atoms with Gasteiger partial charge < -0.3 is 9.84 Å². The SMILES string of the molecule is C=CCC1(CO)CCOC1. The molecule has 1 saturated heterocycles. The highest BCUT2D eigenvalue weighted by Crippen LogP contribution is 2.31. The number of allylic oxidation sites excluding steroid dienone is 1. The van der Waals surface area contributed by atoms with Crippen LogP contribution in [0.1, 0.15) is 12.8 Å². The van der Waals surface area contributed by atoms with E-state index in [0.29, 0.717) is 6.61 Å². The summed E-state index contributed by atoms with van der Waals surface area (Å²) in [6.07, 6.45) is 3.68. The fourth-order valence-electron chi connectivity index (χ4n) is 1.31. The van der Waals surface area contributed by atoms with Crippen LogP contribution in [0.5, 0.6) is 0 Å². The van der Waals surface area contributed by atoms with Crippen LogP contribution in [-0.2, 0) is 4.74 Å². The van der Waals surface area contributed by atoms with Crippen molar-refractivity contribution in [1.29, 1.82) is 0 Å². The summed E-state index contributed by atoms with van der Waals surface area (Å²) in [5, 5.41) is 9.02. The second-order valence-corrected chi connectivity index (χ2v) is 2.95. The summed E-state index contributed by atoms with van der Waals surface area (Å²) < 4.78 is 5.20. The Kier molecular flexibility index (Phi) is 2.46. The molecule has 0 amide bonds. The molecule has 2 heteroatoms. The van der Waals surface area contributed by atoms with Crippen LogP contribution < -0.4 is 0 Å². The van der Waals surface area contributed by atoms with Gasteiger partial charge in [-0.2, -0.15) is 0 Å². The Bertz CT molecular complexity index is 114. The lowest BCUT2D eigenvalue weighted by atomic mass is 9.85. The molecular weight excluding hydrogens is 128 g/mol. The average Bonchev–Trinajstić information content (AvgIpc) is 2.39. The molecule has 1 aliphatic rings. The molecule has 1 heterocycles. The number of aliphatic hydroxyl groups excluding tert-OH is 1. The van der Waals surface area contributed by atoms with E-state index in [4.69, 9.17) is 9.84 Å². The molecular formula is C8H14O2. The van der Waals surface area contributed by atoms with Gasteiger partial charge in [0.15, 0.2) is 0 Å². The quantitative estimate of drug-likeness (QED) is 0.595. The van der Waals surface area contributed by atoms with Crippen molar-refractivity contribution in [2.24, 2.45) is 5.41 Å². The second-order valence-electron chi connectivity index (χ2n) is 2.95. The third-order valence-electron chi connectivity index (χ3n) is 2.10. The van der Waals surface area contributed by atoms with Crippen LogP contribution >= 0.6 is 0 Å². The van der Waals surface area contributed by atoms with Crippen molar-refractivity contribution >= 4 is 0 Å². The van der Waals surface area contributed by atoms with Crippen LogP contribution in [0.2, 0.25) is 0 Å². The van der Waals surface area contributed by atoms with E-state index in [0.717, 1.165) is 19.4 Å².